The number of halogens is 1. The number of hydroxylamine groups is 1. The number of amides is 1. The fourth-order valence-electron chi connectivity index (χ4n) is 0.911. The standard InChI is InChI=1S/C10H18O5.C5H11NO3.ClH.H3NO/c1-9(2,3)14-7(11)13-8(12)15-10(4,5)6;1-5(2,3)9-4(7)6-8;;1-2/h1-6H3;8H,1-3H3,(H,6,7);1H;2H,1H2. The fourth-order valence-corrected chi connectivity index (χ4v) is 0.911. The van der Waals surface area contributed by atoms with Crippen molar-refractivity contribution in [1.82, 2.24) is 5.48 Å². The van der Waals surface area contributed by atoms with E-state index in [1.54, 1.807) is 62.3 Å². The highest BCUT2D eigenvalue weighted by Crippen LogP contribution is 2.11. The summed E-state index contributed by atoms with van der Waals surface area (Å²) in [6, 6.07) is 0. The summed E-state index contributed by atoms with van der Waals surface area (Å²) in [6.07, 6.45) is -2.95. The van der Waals surface area contributed by atoms with E-state index in [1.807, 2.05) is 0 Å². The minimum absolute atomic E-state index is 0. The highest BCUT2D eigenvalue weighted by atomic mass is 35.5. The molecule has 0 saturated carbocycles. The molecule has 0 fully saturated rings. The van der Waals surface area contributed by atoms with Crippen LogP contribution in [-0.2, 0) is 18.9 Å². The van der Waals surface area contributed by atoms with Gasteiger partial charge in [0, 0.05) is 0 Å². The molecular weight excluding hydrogens is 388 g/mol. The van der Waals surface area contributed by atoms with Crippen LogP contribution >= 0.6 is 12.4 Å². The molecule has 0 atom stereocenters. The first-order chi connectivity index (χ1) is 11.4. The molecule has 164 valence electrons. The quantitative estimate of drug-likeness (QED) is 0.149. The second-order valence-electron chi connectivity index (χ2n) is 7.64. The van der Waals surface area contributed by atoms with Crippen molar-refractivity contribution in [3.05, 3.63) is 0 Å². The van der Waals surface area contributed by atoms with Gasteiger partial charge in [0.2, 0.25) is 0 Å². The first-order valence-electron chi connectivity index (χ1n) is 7.48. The van der Waals surface area contributed by atoms with Crippen LogP contribution < -0.4 is 11.4 Å². The van der Waals surface area contributed by atoms with Crippen molar-refractivity contribution in [3.8, 4) is 0 Å². The highest BCUT2D eigenvalue weighted by molar-refractivity contribution is 5.85. The predicted molar refractivity (Wildman–Crippen MR) is 97.9 cm³/mol. The number of carbonyl (C=O) groups is 3. The number of nitrogens with two attached hydrogens (primary N) is 1. The maximum absolute atomic E-state index is 11.0. The van der Waals surface area contributed by atoms with Crippen LogP contribution in [0.2, 0.25) is 0 Å². The Balaban J connectivity index is -0.000000190. The lowest BCUT2D eigenvalue weighted by Crippen LogP contribution is -2.30. The van der Waals surface area contributed by atoms with Gasteiger partial charge in [-0.3, -0.25) is 5.21 Å². The molecule has 0 aromatic carbocycles. The molecule has 0 bridgehead atoms. The maximum atomic E-state index is 11.0. The summed E-state index contributed by atoms with van der Waals surface area (Å²) in [5.41, 5.74) is -0.579. The zero-order valence-corrected chi connectivity index (χ0v) is 18.1. The van der Waals surface area contributed by atoms with Gasteiger partial charge in [0.25, 0.3) is 0 Å². The van der Waals surface area contributed by atoms with Crippen LogP contribution in [0.4, 0.5) is 14.4 Å². The van der Waals surface area contributed by atoms with Crippen LogP contribution in [-0.4, -0.2) is 45.6 Å². The topological polar surface area (TPSA) is 167 Å². The van der Waals surface area contributed by atoms with Gasteiger partial charge >= 0.3 is 18.4 Å². The van der Waals surface area contributed by atoms with Gasteiger partial charge in [-0.05, 0) is 62.3 Å². The molecule has 0 heterocycles. The second-order valence-corrected chi connectivity index (χ2v) is 7.64. The largest absolute Gasteiger partial charge is 0.519 e. The molecule has 0 aliphatic carbocycles. The van der Waals surface area contributed by atoms with Crippen molar-refractivity contribution in [2.24, 2.45) is 5.90 Å². The van der Waals surface area contributed by atoms with Gasteiger partial charge in [0.05, 0.1) is 0 Å². The molecule has 0 radical (unpaired) electrons. The Morgan fingerprint density at radius 3 is 1.11 bits per heavy atom. The molecule has 0 aliphatic rings. The molecule has 12 heteroatoms. The average molecular weight is 421 g/mol. The Hall–Kier alpha value is -1.82. The Bertz CT molecular complexity index is 412. The monoisotopic (exact) mass is 420 g/mol. The summed E-state index contributed by atoms with van der Waals surface area (Å²) in [5.74, 6) is 3.50. The van der Waals surface area contributed by atoms with Gasteiger partial charge in [-0.15, -0.1) is 12.4 Å². The number of hydrogen-bond acceptors (Lipinski definition) is 10. The third kappa shape index (κ3) is 32.3. The second kappa shape index (κ2) is 14.3. The summed E-state index contributed by atoms with van der Waals surface area (Å²) < 4.78 is 18.4. The Kier molecular flexibility index (Phi) is 17.3. The summed E-state index contributed by atoms with van der Waals surface area (Å²) in [6.45, 7) is 15.2. The van der Waals surface area contributed by atoms with Gasteiger partial charge < -0.3 is 24.2 Å². The molecule has 0 aliphatic heterocycles. The smallest absolute Gasteiger partial charge is 0.442 e. The Labute approximate surface area is 165 Å². The van der Waals surface area contributed by atoms with E-state index >= 15 is 0 Å². The molecule has 11 nitrogen and oxygen atoms in total. The number of rotatable bonds is 0. The summed E-state index contributed by atoms with van der Waals surface area (Å²) in [5, 5.41) is 14.5. The van der Waals surface area contributed by atoms with Crippen molar-refractivity contribution in [2.45, 2.75) is 79.1 Å². The van der Waals surface area contributed by atoms with Crippen molar-refractivity contribution in [2.75, 3.05) is 0 Å². The van der Waals surface area contributed by atoms with Crippen molar-refractivity contribution < 1.29 is 43.7 Å². The Morgan fingerprint density at radius 2 is 0.963 bits per heavy atom. The molecule has 27 heavy (non-hydrogen) atoms. The van der Waals surface area contributed by atoms with Gasteiger partial charge in [-0.1, -0.05) is 0 Å². The first kappa shape index (κ1) is 32.8. The van der Waals surface area contributed by atoms with Gasteiger partial charge in [0.15, 0.2) is 0 Å². The van der Waals surface area contributed by atoms with Gasteiger partial charge in [-0.2, -0.15) is 0 Å². The van der Waals surface area contributed by atoms with Gasteiger partial charge in [-0.25, -0.2) is 25.8 Å². The predicted octanol–water partition coefficient (Wildman–Crippen LogP) is 3.53. The van der Waals surface area contributed by atoms with Crippen molar-refractivity contribution in [1.29, 1.82) is 0 Å². The summed E-state index contributed by atoms with van der Waals surface area (Å²) in [7, 11) is 0. The van der Waals surface area contributed by atoms with E-state index in [-0.39, 0.29) is 12.4 Å². The lowest BCUT2D eigenvalue weighted by atomic mass is 10.2. The number of ether oxygens (including phenoxy) is 4. The van der Waals surface area contributed by atoms with Crippen LogP contribution in [0, 0.1) is 0 Å². The molecule has 0 unspecified atom stereocenters. The van der Waals surface area contributed by atoms with E-state index in [0.717, 1.165) is 0 Å². The number of carbonyl (C=O) groups excluding carboxylic acids is 3. The zero-order chi connectivity index (χ0) is 21.8. The maximum Gasteiger partial charge on any atom is 0.519 e. The highest BCUT2D eigenvalue weighted by Gasteiger charge is 2.24. The van der Waals surface area contributed by atoms with E-state index in [0.29, 0.717) is 0 Å². The lowest BCUT2D eigenvalue weighted by Gasteiger charge is -2.20. The fraction of sp³-hybridized carbons (Fsp3) is 0.800. The molecule has 0 aromatic rings. The molecule has 1 amide bonds. The van der Waals surface area contributed by atoms with E-state index in [2.05, 4.69) is 15.4 Å². The molecule has 0 rings (SSSR count). The van der Waals surface area contributed by atoms with Crippen LogP contribution in [0.5, 0.6) is 0 Å². The lowest BCUT2D eigenvalue weighted by molar-refractivity contribution is -0.0294. The van der Waals surface area contributed by atoms with E-state index in [4.69, 9.17) is 19.9 Å². The van der Waals surface area contributed by atoms with Gasteiger partial charge in [0.1, 0.15) is 16.8 Å². The van der Waals surface area contributed by atoms with Crippen LogP contribution in [0.1, 0.15) is 62.3 Å². The van der Waals surface area contributed by atoms with Crippen molar-refractivity contribution >= 4 is 30.8 Å². The number of hydrogen-bond donors (Lipinski definition) is 4. The van der Waals surface area contributed by atoms with E-state index in [1.165, 1.54) is 5.48 Å². The SMILES string of the molecule is CC(C)(C)OC(=O)NO.CC(C)(C)OC(=O)OC(=O)OC(C)(C)C.Cl.NO. The summed E-state index contributed by atoms with van der Waals surface area (Å²) >= 11 is 0. The molecule has 5 N–H and O–H groups in total. The molecule has 0 spiro atoms. The van der Waals surface area contributed by atoms with Crippen LogP contribution in [0.25, 0.3) is 0 Å². The minimum atomic E-state index is -1.06. The van der Waals surface area contributed by atoms with Crippen LogP contribution in [0.15, 0.2) is 0 Å². The minimum Gasteiger partial charge on any atom is -0.442 e. The molecular formula is C15H33ClN2O9. The Morgan fingerprint density at radius 1 is 0.704 bits per heavy atom. The van der Waals surface area contributed by atoms with E-state index in [9.17, 15) is 14.4 Å². The molecule has 0 aromatic heterocycles. The number of nitrogens with one attached hydrogen (secondary N) is 1. The van der Waals surface area contributed by atoms with E-state index < -0.39 is 35.2 Å². The third-order valence-corrected chi connectivity index (χ3v) is 1.44. The normalized spacial score (nSPS) is 10.4. The third-order valence-electron chi connectivity index (χ3n) is 1.44. The molecule has 0 saturated heterocycles. The summed E-state index contributed by atoms with van der Waals surface area (Å²) in [4.78, 5) is 32.3. The first-order valence-corrected chi connectivity index (χ1v) is 7.48. The zero-order valence-electron chi connectivity index (χ0n) is 17.2. The van der Waals surface area contributed by atoms with Crippen LogP contribution in [0.3, 0.4) is 0 Å². The van der Waals surface area contributed by atoms with Crippen molar-refractivity contribution in [3.63, 3.8) is 0 Å². The average Bonchev–Trinajstić information content (AvgIpc) is 2.34.